The highest BCUT2D eigenvalue weighted by Gasteiger charge is 2.11. The second-order valence-electron chi connectivity index (χ2n) is 3.62. The topological polar surface area (TPSA) is 73.6 Å². The third-order valence-electron chi connectivity index (χ3n) is 2.01. The summed E-state index contributed by atoms with van der Waals surface area (Å²) in [5.74, 6) is 0.356. The lowest BCUT2D eigenvalue weighted by atomic mass is 10.3. The number of hydrogen-bond acceptors (Lipinski definition) is 4. The molecule has 0 bridgehead atoms. The van der Waals surface area contributed by atoms with Crippen molar-refractivity contribution in [1.29, 1.82) is 0 Å². The lowest BCUT2D eigenvalue weighted by molar-refractivity contribution is 0.370. The molecule has 1 aliphatic rings. The first-order chi connectivity index (χ1) is 8.51. The molecule has 0 amide bonds. The molecule has 0 unspecified atom stereocenters. The summed E-state index contributed by atoms with van der Waals surface area (Å²) in [5, 5.41) is 0. The summed E-state index contributed by atoms with van der Waals surface area (Å²) in [6.45, 7) is 1.19. The lowest BCUT2D eigenvalue weighted by Gasteiger charge is -2.13. The Kier molecular flexibility index (Phi) is 5.10. The van der Waals surface area contributed by atoms with Gasteiger partial charge in [0.05, 0.1) is 0 Å². The van der Waals surface area contributed by atoms with Crippen LogP contribution in [0.4, 0.5) is 14.5 Å². The summed E-state index contributed by atoms with van der Waals surface area (Å²) >= 11 is 0. The minimum Gasteiger partial charge on any atom is -0.431 e. The van der Waals surface area contributed by atoms with E-state index in [9.17, 15) is 8.78 Å². The molecule has 0 radical (unpaired) electrons. The van der Waals surface area contributed by atoms with Crippen LogP contribution in [0.25, 0.3) is 0 Å². The van der Waals surface area contributed by atoms with E-state index in [4.69, 9.17) is 16.2 Å². The van der Waals surface area contributed by atoms with Crippen LogP contribution in [0, 0.1) is 5.82 Å². The smallest absolute Gasteiger partial charge is 0.287 e. The number of nitrogens with two attached hydrogens (primary N) is 2. The lowest BCUT2D eigenvalue weighted by Crippen LogP contribution is -2.23. The number of nitrogen functional groups attached to an aromatic ring is 1. The van der Waals surface area contributed by atoms with E-state index in [1.165, 1.54) is 24.3 Å². The molecule has 6 heteroatoms. The number of nitrogens with zero attached hydrogens (tertiary/aromatic N) is 1. The van der Waals surface area contributed by atoms with Gasteiger partial charge in [-0.2, -0.15) is 0 Å². The molecule has 1 heterocycles. The van der Waals surface area contributed by atoms with Crippen molar-refractivity contribution in [3.05, 3.63) is 41.9 Å². The SMILES string of the molecule is CC1=C[C@H](CF)N=C(N)O1.Nc1ccc(F)cc1. The number of benzene rings is 1. The summed E-state index contributed by atoms with van der Waals surface area (Å²) in [6.07, 6.45) is 1.59. The first-order valence-electron chi connectivity index (χ1n) is 5.28. The third kappa shape index (κ3) is 4.82. The van der Waals surface area contributed by atoms with E-state index < -0.39 is 12.7 Å². The number of halogens is 2. The molecular formula is C12H15F2N3O. The van der Waals surface area contributed by atoms with Gasteiger partial charge in [-0.3, -0.25) is 0 Å². The van der Waals surface area contributed by atoms with Crippen LogP contribution in [0.1, 0.15) is 6.92 Å². The molecule has 4 N–H and O–H groups in total. The number of anilines is 1. The van der Waals surface area contributed by atoms with Gasteiger partial charge in [0.2, 0.25) is 0 Å². The number of aliphatic imine (C=N–C) groups is 1. The van der Waals surface area contributed by atoms with E-state index in [2.05, 4.69) is 4.99 Å². The van der Waals surface area contributed by atoms with Gasteiger partial charge in [-0.05, 0) is 37.3 Å². The van der Waals surface area contributed by atoms with Crippen molar-refractivity contribution in [3.8, 4) is 0 Å². The zero-order valence-corrected chi connectivity index (χ0v) is 9.94. The molecule has 1 aromatic rings. The number of hydrogen-bond donors (Lipinski definition) is 2. The van der Waals surface area contributed by atoms with Crippen LogP contribution in [0.15, 0.2) is 41.1 Å². The van der Waals surface area contributed by atoms with Crippen molar-refractivity contribution >= 4 is 11.7 Å². The molecule has 0 aliphatic carbocycles. The van der Waals surface area contributed by atoms with E-state index >= 15 is 0 Å². The zero-order chi connectivity index (χ0) is 13.5. The molecule has 0 saturated heterocycles. The fourth-order valence-corrected chi connectivity index (χ4v) is 1.24. The molecule has 1 atom stereocenters. The molecule has 2 rings (SSSR count). The first-order valence-corrected chi connectivity index (χ1v) is 5.28. The molecule has 98 valence electrons. The number of amidine groups is 1. The van der Waals surface area contributed by atoms with E-state index in [0.29, 0.717) is 11.4 Å². The normalized spacial score (nSPS) is 17.8. The minimum absolute atomic E-state index is 0.0441. The molecule has 0 spiro atoms. The summed E-state index contributed by atoms with van der Waals surface area (Å²) in [7, 11) is 0. The number of ether oxygens (including phenoxy) is 1. The summed E-state index contributed by atoms with van der Waals surface area (Å²) < 4.78 is 28.8. The molecule has 1 aromatic carbocycles. The van der Waals surface area contributed by atoms with E-state index in [1.54, 1.807) is 13.0 Å². The van der Waals surface area contributed by atoms with Crippen LogP contribution in [0.2, 0.25) is 0 Å². The highest BCUT2D eigenvalue weighted by atomic mass is 19.1. The Morgan fingerprint density at radius 1 is 1.28 bits per heavy atom. The van der Waals surface area contributed by atoms with Crippen LogP contribution in [0.5, 0.6) is 0 Å². The minimum atomic E-state index is -0.526. The van der Waals surface area contributed by atoms with E-state index in [-0.39, 0.29) is 11.8 Å². The Labute approximate surface area is 104 Å². The van der Waals surface area contributed by atoms with Gasteiger partial charge in [0.25, 0.3) is 6.02 Å². The fraction of sp³-hybridized carbons (Fsp3) is 0.250. The van der Waals surface area contributed by atoms with Gasteiger partial charge in [0.15, 0.2) is 0 Å². The van der Waals surface area contributed by atoms with Crippen LogP contribution in [0.3, 0.4) is 0 Å². The Morgan fingerprint density at radius 2 is 1.89 bits per heavy atom. The van der Waals surface area contributed by atoms with E-state index in [1.807, 2.05) is 0 Å². The fourth-order valence-electron chi connectivity index (χ4n) is 1.24. The highest BCUT2D eigenvalue weighted by molar-refractivity contribution is 5.73. The van der Waals surface area contributed by atoms with Gasteiger partial charge < -0.3 is 16.2 Å². The predicted molar refractivity (Wildman–Crippen MR) is 67.0 cm³/mol. The van der Waals surface area contributed by atoms with Gasteiger partial charge in [0.1, 0.15) is 24.3 Å². The Balaban J connectivity index is 0.000000184. The average molecular weight is 255 g/mol. The molecule has 0 aromatic heterocycles. The van der Waals surface area contributed by atoms with Crippen LogP contribution < -0.4 is 11.5 Å². The molecule has 4 nitrogen and oxygen atoms in total. The van der Waals surface area contributed by atoms with E-state index in [0.717, 1.165) is 0 Å². The van der Waals surface area contributed by atoms with Crippen molar-refractivity contribution in [1.82, 2.24) is 0 Å². The maximum Gasteiger partial charge on any atom is 0.287 e. The Bertz CT molecular complexity index is 404. The third-order valence-corrected chi connectivity index (χ3v) is 2.01. The number of rotatable bonds is 1. The predicted octanol–water partition coefficient (Wildman–Crippen LogP) is 1.98. The van der Waals surface area contributed by atoms with Gasteiger partial charge in [0, 0.05) is 5.69 Å². The standard InChI is InChI=1S/C6H9FN2O.C6H6FN/c1-4-2-5(3-7)9-6(8)10-4;7-5-1-3-6(8)4-2-5/h2,5H,3H2,1H3,(H2,8,9);1-4H,8H2/t5-;/m1./s1. The summed E-state index contributed by atoms with van der Waals surface area (Å²) in [4.78, 5) is 3.67. The second kappa shape index (κ2) is 6.58. The maximum absolute atomic E-state index is 12.0. The second-order valence-corrected chi connectivity index (χ2v) is 3.62. The van der Waals surface area contributed by atoms with Gasteiger partial charge in [-0.1, -0.05) is 0 Å². The molecule has 18 heavy (non-hydrogen) atoms. The van der Waals surface area contributed by atoms with Crippen molar-refractivity contribution in [3.63, 3.8) is 0 Å². The monoisotopic (exact) mass is 255 g/mol. The Hall–Kier alpha value is -2.11. The quantitative estimate of drug-likeness (QED) is 0.753. The first kappa shape index (κ1) is 14.0. The average Bonchev–Trinajstić information content (AvgIpc) is 2.32. The van der Waals surface area contributed by atoms with Crippen molar-refractivity contribution in [2.45, 2.75) is 13.0 Å². The van der Waals surface area contributed by atoms with Crippen LogP contribution >= 0.6 is 0 Å². The van der Waals surface area contributed by atoms with Gasteiger partial charge in [-0.25, -0.2) is 13.8 Å². The Morgan fingerprint density at radius 3 is 2.33 bits per heavy atom. The number of allylic oxidation sites excluding steroid dienone is 1. The maximum atomic E-state index is 12.0. The van der Waals surface area contributed by atoms with Gasteiger partial charge in [-0.15, -0.1) is 0 Å². The number of alkyl halides is 1. The largest absolute Gasteiger partial charge is 0.431 e. The van der Waals surface area contributed by atoms with Crippen molar-refractivity contribution < 1.29 is 13.5 Å². The molecule has 0 fully saturated rings. The summed E-state index contributed by atoms with van der Waals surface area (Å²) in [6, 6.07) is 5.30. The van der Waals surface area contributed by atoms with Crippen LogP contribution in [-0.4, -0.2) is 18.7 Å². The molecular weight excluding hydrogens is 240 g/mol. The molecule has 0 saturated carbocycles. The highest BCUT2D eigenvalue weighted by Crippen LogP contribution is 2.08. The van der Waals surface area contributed by atoms with Crippen LogP contribution in [-0.2, 0) is 4.74 Å². The van der Waals surface area contributed by atoms with Crippen molar-refractivity contribution in [2.75, 3.05) is 12.4 Å². The molecule has 1 aliphatic heterocycles. The van der Waals surface area contributed by atoms with Crippen molar-refractivity contribution in [2.24, 2.45) is 10.7 Å². The van der Waals surface area contributed by atoms with Gasteiger partial charge >= 0.3 is 0 Å². The summed E-state index contributed by atoms with van der Waals surface area (Å²) in [5.41, 5.74) is 11.1. The zero-order valence-electron chi connectivity index (χ0n) is 9.94.